The number of benzene rings is 3. The Balaban J connectivity index is 1.75. The third-order valence-corrected chi connectivity index (χ3v) is 3.63. The van der Waals surface area contributed by atoms with Crippen molar-refractivity contribution in [3.63, 3.8) is 0 Å². The van der Waals surface area contributed by atoms with Gasteiger partial charge in [0, 0.05) is 16.9 Å². The summed E-state index contributed by atoms with van der Waals surface area (Å²) in [5.41, 5.74) is 7.66. The molecule has 0 unspecified atom stereocenters. The van der Waals surface area contributed by atoms with Crippen molar-refractivity contribution in [1.82, 2.24) is 5.32 Å². The van der Waals surface area contributed by atoms with E-state index in [0.717, 1.165) is 16.5 Å². The fourth-order valence-corrected chi connectivity index (χ4v) is 2.53. The van der Waals surface area contributed by atoms with Gasteiger partial charge in [0.1, 0.15) is 0 Å². The third kappa shape index (κ3) is 3.46. The van der Waals surface area contributed by atoms with Crippen LogP contribution in [-0.4, -0.2) is 11.0 Å². The van der Waals surface area contributed by atoms with Crippen LogP contribution in [0.4, 0.5) is 11.4 Å². The molecule has 0 fully saturated rings. The molecule has 4 nitrogen and oxygen atoms in total. The quantitative estimate of drug-likeness (QED) is 0.499. The minimum atomic E-state index is -0.241. The van der Waals surface area contributed by atoms with E-state index in [9.17, 15) is 4.79 Å². The van der Waals surface area contributed by atoms with Gasteiger partial charge in [-0.1, -0.05) is 36.4 Å². The van der Waals surface area contributed by atoms with Gasteiger partial charge in [-0.2, -0.15) is 0 Å². The maximum Gasteiger partial charge on any atom is 0.258 e. The van der Waals surface area contributed by atoms with Gasteiger partial charge in [0.2, 0.25) is 0 Å². The molecule has 0 aliphatic carbocycles. The molecule has 1 amide bonds. The first-order valence-electron chi connectivity index (χ1n) is 7.09. The van der Waals surface area contributed by atoms with Gasteiger partial charge in [0.25, 0.3) is 5.91 Å². The predicted molar refractivity (Wildman–Crippen MR) is 98.5 cm³/mol. The first kappa shape index (κ1) is 15.0. The number of thiocarbonyl (C=S) groups is 1. The van der Waals surface area contributed by atoms with Gasteiger partial charge in [0.05, 0.1) is 0 Å². The average Bonchev–Trinajstić information content (AvgIpc) is 2.56. The number of hydrogen-bond acceptors (Lipinski definition) is 3. The molecule has 4 N–H and O–H groups in total. The zero-order chi connectivity index (χ0) is 16.2. The molecule has 3 aromatic rings. The summed E-state index contributed by atoms with van der Waals surface area (Å²) >= 11 is 5.19. The van der Waals surface area contributed by atoms with Crippen molar-refractivity contribution in [2.45, 2.75) is 0 Å². The highest BCUT2D eigenvalue weighted by Crippen LogP contribution is 2.18. The maximum atomic E-state index is 12.5. The molecule has 0 atom stereocenters. The zero-order valence-electron chi connectivity index (χ0n) is 12.2. The van der Waals surface area contributed by atoms with Gasteiger partial charge in [-0.15, -0.1) is 0 Å². The summed E-state index contributed by atoms with van der Waals surface area (Å²) in [6, 6.07) is 20.5. The summed E-state index contributed by atoms with van der Waals surface area (Å²) in [5, 5.41) is 7.81. The van der Waals surface area contributed by atoms with E-state index < -0.39 is 0 Å². The Morgan fingerprint density at radius 1 is 0.913 bits per heavy atom. The molecule has 0 saturated heterocycles. The van der Waals surface area contributed by atoms with Crippen molar-refractivity contribution in [2.75, 3.05) is 11.1 Å². The third-order valence-electron chi connectivity index (χ3n) is 3.43. The molecular formula is C18H15N3OS. The molecule has 0 saturated carbocycles. The van der Waals surface area contributed by atoms with Crippen LogP contribution < -0.4 is 16.4 Å². The summed E-state index contributed by atoms with van der Waals surface area (Å²) in [4.78, 5) is 12.5. The van der Waals surface area contributed by atoms with Crippen molar-refractivity contribution >= 4 is 45.4 Å². The Morgan fingerprint density at radius 3 is 2.39 bits per heavy atom. The topological polar surface area (TPSA) is 67.2 Å². The van der Waals surface area contributed by atoms with Crippen LogP contribution >= 0.6 is 12.2 Å². The van der Waals surface area contributed by atoms with Crippen LogP contribution in [0.15, 0.2) is 66.7 Å². The Hall–Kier alpha value is -2.92. The van der Waals surface area contributed by atoms with Gasteiger partial charge in [-0.3, -0.25) is 10.1 Å². The molecule has 3 aromatic carbocycles. The Morgan fingerprint density at radius 2 is 1.61 bits per heavy atom. The van der Waals surface area contributed by atoms with Gasteiger partial charge in [-0.05, 0) is 53.3 Å². The minimum absolute atomic E-state index is 0.241. The molecule has 0 bridgehead atoms. The van der Waals surface area contributed by atoms with Gasteiger partial charge < -0.3 is 11.1 Å². The lowest BCUT2D eigenvalue weighted by Gasteiger charge is -2.11. The Bertz CT molecular complexity index is 870. The molecule has 23 heavy (non-hydrogen) atoms. The number of nitrogen functional groups attached to an aromatic ring is 1. The SMILES string of the molecule is Nc1ccc(NC(=S)NC(=O)c2cccc3ccccc23)cc1. The van der Waals surface area contributed by atoms with Crippen molar-refractivity contribution in [2.24, 2.45) is 0 Å². The van der Waals surface area contributed by atoms with Crippen LogP contribution in [0.2, 0.25) is 0 Å². The summed E-state index contributed by atoms with van der Waals surface area (Å²) in [6.45, 7) is 0. The lowest BCUT2D eigenvalue weighted by molar-refractivity contribution is 0.0979. The minimum Gasteiger partial charge on any atom is -0.399 e. The maximum absolute atomic E-state index is 12.5. The second-order valence-corrected chi connectivity index (χ2v) is 5.47. The fourth-order valence-electron chi connectivity index (χ4n) is 2.32. The van der Waals surface area contributed by atoms with Crippen molar-refractivity contribution in [3.8, 4) is 0 Å². The summed E-state index contributed by atoms with van der Waals surface area (Å²) in [6.07, 6.45) is 0. The van der Waals surface area contributed by atoms with Gasteiger partial charge >= 0.3 is 0 Å². The largest absolute Gasteiger partial charge is 0.399 e. The lowest BCUT2D eigenvalue weighted by Crippen LogP contribution is -2.34. The summed E-state index contributed by atoms with van der Waals surface area (Å²) in [7, 11) is 0. The number of nitrogens with two attached hydrogens (primary N) is 1. The van der Waals surface area contributed by atoms with Crippen LogP contribution in [0, 0.1) is 0 Å². The van der Waals surface area contributed by atoms with Gasteiger partial charge in [-0.25, -0.2) is 0 Å². The highest BCUT2D eigenvalue weighted by molar-refractivity contribution is 7.80. The Labute approximate surface area is 139 Å². The molecule has 0 heterocycles. The zero-order valence-corrected chi connectivity index (χ0v) is 13.1. The van der Waals surface area contributed by atoms with Crippen molar-refractivity contribution < 1.29 is 4.79 Å². The Kier molecular flexibility index (Phi) is 4.21. The number of rotatable bonds is 2. The molecule has 0 aliphatic heterocycles. The van der Waals surface area contributed by atoms with E-state index in [2.05, 4.69) is 10.6 Å². The van der Waals surface area contributed by atoms with Crippen LogP contribution in [0.5, 0.6) is 0 Å². The van der Waals surface area contributed by atoms with E-state index in [1.807, 2.05) is 36.4 Å². The highest BCUT2D eigenvalue weighted by atomic mass is 32.1. The van der Waals surface area contributed by atoms with E-state index in [0.29, 0.717) is 11.3 Å². The van der Waals surface area contributed by atoms with Gasteiger partial charge in [0.15, 0.2) is 5.11 Å². The second-order valence-electron chi connectivity index (χ2n) is 5.06. The van der Waals surface area contributed by atoms with E-state index in [1.54, 1.807) is 30.3 Å². The second kappa shape index (κ2) is 6.46. The van der Waals surface area contributed by atoms with Crippen molar-refractivity contribution in [3.05, 3.63) is 72.3 Å². The number of hydrogen-bond donors (Lipinski definition) is 3. The van der Waals surface area contributed by atoms with E-state index in [-0.39, 0.29) is 11.0 Å². The van der Waals surface area contributed by atoms with Crippen LogP contribution in [0.25, 0.3) is 10.8 Å². The lowest BCUT2D eigenvalue weighted by atomic mass is 10.0. The van der Waals surface area contributed by atoms with Crippen LogP contribution in [-0.2, 0) is 0 Å². The molecule has 0 spiro atoms. The van der Waals surface area contributed by atoms with Crippen LogP contribution in [0.1, 0.15) is 10.4 Å². The molecule has 0 aromatic heterocycles. The number of anilines is 2. The normalized spacial score (nSPS) is 10.3. The van der Waals surface area contributed by atoms with Crippen LogP contribution in [0.3, 0.4) is 0 Å². The first-order chi connectivity index (χ1) is 11.1. The number of amides is 1. The molecular weight excluding hydrogens is 306 g/mol. The molecule has 0 radical (unpaired) electrons. The fraction of sp³-hybridized carbons (Fsp3) is 0. The summed E-state index contributed by atoms with van der Waals surface area (Å²) in [5.74, 6) is -0.241. The average molecular weight is 321 g/mol. The van der Waals surface area contributed by atoms with E-state index in [4.69, 9.17) is 18.0 Å². The molecule has 0 aliphatic rings. The number of carbonyl (C=O) groups excluding carboxylic acids is 1. The highest BCUT2D eigenvalue weighted by Gasteiger charge is 2.11. The molecule has 3 rings (SSSR count). The standard InChI is InChI=1S/C18H15N3OS/c19-13-8-10-14(11-9-13)20-18(23)21-17(22)16-7-3-5-12-4-1-2-6-15(12)16/h1-11H,19H2,(H2,20,21,22,23). The van der Waals surface area contributed by atoms with E-state index >= 15 is 0 Å². The molecule has 5 heteroatoms. The number of fused-ring (bicyclic) bond motifs is 1. The monoisotopic (exact) mass is 321 g/mol. The predicted octanol–water partition coefficient (Wildman–Crippen LogP) is 3.55. The first-order valence-corrected chi connectivity index (χ1v) is 7.50. The van der Waals surface area contributed by atoms with Crippen molar-refractivity contribution in [1.29, 1.82) is 0 Å². The number of nitrogens with one attached hydrogen (secondary N) is 2. The summed E-state index contributed by atoms with van der Waals surface area (Å²) < 4.78 is 0. The molecule has 114 valence electrons. The number of carbonyl (C=O) groups is 1. The van der Waals surface area contributed by atoms with E-state index in [1.165, 1.54) is 0 Å². The smallest absolute Gasteiger partial charge is 0.258 e.